The number of aromatic nitrogens is 2. The number of benzene rings is 1. The van der Waals surface area contributed by atoms with E-state index < -0.39 is 0 Å². The predicted molar refractivity (Wildman–Crippen MR) is 61.8 cm³/mol. The summed E-state index contributed by atoms with van der Waals surface area (Å²) in [6.07, 6.45) is 0. The molecule has 2 rings (SSSR count). The van der Waals surface area contributed by atoms with Crippen LogP contribution in [0.25, 0.3) is 10.9 Å². The summed E-state index contributed by atoms with van der Waals surface area (Å²) < 4.78 is 6.24. The van der Waals surface area contributed by atoms with Gasteiger partial charge in [-0.15, -0.1) is 0 Å². The molecule has 2 N–H and O–H groups in total. The van der Waals surface area contributed by atoms with Crippen LogP contribution in [-0.4, -0.2) is 16.7 Å². The maximum absolute atomic E-state index is 12.0. The van der Waals surface area contributed by atoms with Crippen LogP contribution in [0.4, 0.5) is 0 Å². The van der Waals surface area contributed by atoms with Crippen molar-refractivity contribution in [1.29, 1.82) is 0 Å². The third kappa shape index (κ3) is 1.64. The summed E-state index contributed by atoms with van der Waals surface area (Å²) in [5.74, 6) is 0.595. The molecule has 16 heavy (non-hydrogen) atoms. The zero-order valence-corrected chi connectivity index (χ0v) is 9.36. The predicted octanol–water partition coefficient (Wildman–Crippen LogP) is 0.975. The second-order valence-corrected chi connectivity index (χ2v) is 3.52. The fraction of sp³-hybridized carbons (Fsp3) is 0.200. The lowest BCUT2D eigenvalue weighted by Gasteiger charge is -2.07. The highest BCUT2D eigenvalue weighted by molar-refractivity contribution is 6.28. The van der Waals surface area contributed by atoms with Crippen molar-refractivity contribution in [2.24, 2.45) is 5.73 Å². The van der Waals surface area contributed by atoms with Gasteiger partial charge in [-0.1, -0.05) is 0 Å². The lowest BCUT2D eigenvalue weighted by molar-refractivity contribution is 0.415. The maximum atomic E-state index is 12.0. The van der Waals surface area contributed by atoms with Gasteiger partial charge in [0, 0.05) is 0 Å². The molecule has 1 heterocycles. The molecule has 2 aromatic rings. The van der Waals surface area contributed by atoms with Gasteiger partial charge < -0.3 is 10.5 Å². The Balaban J connectivity index is 2.84. The Morgan fingerprint density at radius 2 is 2.31 bits per heavy atom. The molecular weight excluding hydrogens is 230 g/mol. The Hall–Kier alpha value is -1.59. The van der Waals surface area contributed by atoms with Gasteiger partial charge in [0.2, 0.25) is 5.28 Å². The number of fused-ring (bicyclic) bond motifs is 1. The van der Waals surface area contributed by atoms with Crippen LogP contribution in [0.5, 0.6) is 5.75 Å². The second kappa shape index (κ2) is 4.11. The number of hydrogen-bond acceptors (Lipinski definition) is 4. The Kier molecular flexibility index (Phi) is 2.80. The van der Waals surface area contributed by atoms with E-state index in [-0.39, 0.29) is 17.5 Å². The Labute approximate surface area is 96.4 Å². The van der Waals surface area contributed by atoms with Crippen molar-refractivity contribution in [3.8, 4) is 5.75 Å². The first-order valence-electron chi connectivity index (χ1n) is 4.61. The normalized spacial score (nSPS) is 10.7. The molecule has 1 aromatic heterocycles. The van der Waals surface area contributed by atoms with Crippen LogP contribution in [0.3, 0.4) is 0 Å². The summed E-state index contributed by atoms with van der Waals surface area (Å²) in [5, 5.41) is 0.527. The SMILES string of the molecule is COc1ccc2nc(Cl)n(CN)c(=O)c2c1. The molecular formula is C10H10ClN3O2. The number of hydrogen-bond donors (Lipinski definition) is 1. The first-order chi connectivity index (χ1) is 7.67. The van der Waals surface area contributed by atoms with Gasteiger partial charge >= 0.3 is 0 Å². The number of nitrogens with two attached hydrogens (primary N) is 1. The molecule has 0 saturated heterocycles. The van der Waals surface area contributed by atoms with Gasteiger partial charge in [0.25, 0.3) is 5.56 Å². The zero-order valence-electron chi connectivity index (χ0n) is 8.61. The standard InChI is InChI=1S/C10H10ClN3O2/c1-16-6-2-3-8-7(4-6)9(15)14(5-12)10(11)13-8/h2-4H,5,12H2,1H3. The van der Waals surface area contributed by atoms with Gasteiger partial charge in [0.05, 0.1) is 24.7 Å². The topological polar surface area (TPSA) is 70.1 Å². The molecule has 5 nitrogen and oxygen atoms in total. The number of methoxy groups -OCH3 is 1. The minimum atomic E-state index is -0.267. The number of rotatable bonds is 2. The Morgan fingerprint density at radius 1 is 1.56 bits per heavy atom. The van der Waals surface area contributed by atoms with Gasteiger partial charge in [-0.05, 0) is 29.8 Å². The fourth-order valence-electron chi connectivity index (χ4n) is 1.46. The van der Waals surface area contributed by atoms with Gasteiger partial charge in [-0.2, -0.15) is 0 Å². The minimum Gasteiger partial charge on any atom is -0.497 e. The average Bonchev–Trinajstić information content (AvgIpc) is 2.29. The van der Waals surface area contributed by atoms with Crippen LogP contribution in [0, 0.1) is 0 Å². The summed E-state index contributed by atoms with van der Waals surface area (Å²) in [6.45, 7) is -0.00217. The van der Waals surface area contributed by atoms with Crippen LogP contribution in [0.15, 0.2) is 23.0 Å². The summed E-state index contributed by atoms with van der Waals surface area (Å²) in [6, 6.07) is 5.02. The minimum absolute atomic E-state index is 0.00217. The van der Waals surface area contributed by atoms with Crippen LogP contribution >= 0.6 is 11.6 Å². The van der Waals surface area contributed by atoms with Crippen molar-refractivity contribution in [3.63, 3.8) is 0 Å². The highest BCUT2D eigenvalue weighted by Gasteiger charge is 2.08. The van der Waals surface area contributed by atoms with Gasteiger partial charge in [0.1, 0.15) is 5.75 Å². The van der Waals surface area contributed by atoms with Gasteiger partial charge in [-0.3, -0.25) is 9.36 Å². The molecule has 0 spiro atoms. The molecule has 84 valence electrons. The summed E-state index contributed by atoms with van der Waals surface area (Å²) in [4.78, 5) is 16.0. The summed E-state index contributed by atoms with van der Waals surface area (Å²) in [5.41, 5.74) is 5.68. The van der Waals surface area contributed by atoms with Crippen molar-refractivity contribution in [2.75, 3.05) is 7.11 Å². The molecule has 0 aliphatic carbocycles. The van der Waals surface area contributed by atoms with E-state index in [9.17, 15) is 4.79 Å². The molecule has 0 radical (unpaired) electrons. The Bertz CT molecular complexity index is 594. The smallest absolute Gasteiger partial charge is 0.263 e. The Morgan fingerprint density at radius 3 is 2.94 bits per heavy atom. The first-order valence-corrected chi connectivity index (χ1v) is 4.99. The van der Waals surface area contributed by atoms with E-state index in [0.29, 0.717) is 16.7 Å². The number of ether oxygens (including phenoxy) is 1. The van der Waals surface area contributed by atoms with Crippen LogP contribution in [0.1, 0.15) is 0 Å². The van der Waals surface area contributed by atoms with E-state index in [1.807, 2.05) is 0 Å². The molecule has 0 atom stereocenters. The van der Waals surface area contributed by atoms with Crippen molar-refractivity contribution in [2.45, 2.75) is 6.67 Å². The highest BCUT2D eigenvalue weighted by Crippen LogP contribution is 2.17. The molecule has 1 aromatic carbocycles. The molecule has 0 bridgehead atoms. The zero-order chi connectivity index (χ0) is 11.7. The third-order valence-corrected chi connectivity index (χ3v) is 2.59. The van der Waals surface area contributed by atoms with Crippen molar-refractivity contribution in [3.05, 3.63) is 33.8 Å². The number of nitrogens with zero attached hydrogens (tertiary/aromatic N) is 2. The lowest BCUT2D eigenvalue weighted by atomic mass is 10.2. The van der Waals surface area contributed by atoms with E-state index in [0.717, 1.165) is 0 Å². The monoisotopic (exact) mass is 239 g/mol. The largest absolute Gasteiger partial charge is 0.497 e. The van der Waals surface area contributed by atoms with Gasteiger partial charge in [-0.25, -0.2) is 4.98 Å². The molecule has 0 aliphatic heterocycles. The van der Waals surface area contributed by atoms with Crippen LogP contribution < -0.4 is 16.0 Å². The van der Waals surface area contributed by atoms with E-state index in [2.05, 4.69) is 4.98 Å². The molecule has 0 fully saturated rings. The summed E-state index contributed by atoms with van der Waals surface area (Å²) >= 11 is 5.82. The van der Waals surface area contributed by atoms with E-state index in [1.54, 1.807) is 18.2 Å². The van der Waals surface area contributed by atoms with Crippen LogP contribution in [-0.2, 0) is 6.67 Å². The second-order valence-electron chi connectivity index (χ2n) is 3.18. The molecule has 0 aliphatic rings. The maximum Gasteiger partial charge on any atom is 0.263 e. The average molecular weight is 240 g/mol. The van der Waals surface area contributed by atoms with Crippen molar-refractivity contribution >= 4 is 22.5 Å². The van der Waals surface area contributed by atoms with E-state index in [4.69, 9.17) is 22.1 Å². The van der Waals surface area contributed by atoms with Gasteiger partial charge in [0.15, 0.2) is 0 Å². The fourth-order valence-corrected chi connectivity index (χ4v) is 1.69. The highest BCUT2D eigenvalue weighted by atomic mass is 35.5. The molecule has 0 unspecified atom stereocenters. The molecule has 0 saturated carbocycles. The lowest BCUT2D eigenvalue weighted by Crippen LogP contribution is -2.25. The summed E-state index contributed by atoms with van der Waals surface area (Å²) in [7, 11) is 1.53. The van der Waals surface area contributed by atoms with Crippen molar-refractivity contribution in [1.82, 2.24) is 9.55 Å². The molecule has 0 amide bonds. The third-order valence-electron chi connectivity index (χ3n) is 2.30. The first kappa shape index (κ1) is 10.9. The van der Waals surface area contributed by atoms with E-state index in [1.165, 1.54) is 11.7 Å². The number of halogens is 1. The van der Waals surface area contributed by atoms with E-state index >= 15 is 0 Å². The quantitative estimate of drug-likeness (QED) is 0.793. The van der Waals surface area contributed by atoms with Crippen molar-refractivity contribution < 1.29 is 4.74 Å². The molecule has 6 heteroatoms. The van der Waals surface area contributed by atoms with Crippen LogP contribution in [0.2, 0.25) is 5.28 Å².